The van der Waals surface area contributed by atoms with Crippen molar-refractivity contribution >= 4 is 12.0 Å². The zero-order valence-corrected chi connectivity index (χ0v) is 15.6. The maximum Gasteiger partial charge on any atom is 0.262 e. The summed E-state index contributed by atoms with van der Waals surface area (Å²) in [6, 6.07) is 7.29. The first-order chi connectivity index (χ1) is 12.0. The van der Waals surface area contributed by atoms with E-state index in [2.05, 4.69) is 12.2 Å². The summed E-state index contributed by atoms with van der Waals surface area (Å²) in [5, 5.41) is 11.9. The van der Waals surface area contributed by atoms with Crippen LogP contribution in [0, 0.1) is 11.3 Å². The minimum Gasteiger partial charge on any atom is -0.493 e. The molecule has 0 unspecified atom stereocenters. The van der Waals surface area contributed by atoms with Crippen LogP contribution in [0.3, 0.4) is 0 Å². The van der Waals surface area contributed by atoms with Crippen molar-refractivity contribution in [2.45, 2.75) is 52.5 Å². The quantitative estimate of drug-likeness (QED) is 0.394. The number of nitrogens with zero attached hydrogens (tertiary/aromatic N) is 1. The number of carbonyl (C=O) groups is 1. The minimum atomic E-state index is -0.382. The number of amides is 1. The number of hydrogen-bond acceptors (Lipinski definition) is 4. The molecular formula is C20H28N2O3. The van der Waals surface area contributed by atoms with Gasteiger partial charge in [-0.25, -0.2) is 0 Å². The Hall–Kier alpha value is -2.48. The summed E-state index contributed by atoms with van der Waals surface area (Å²) in [6.07, 6.45) is 6.10. The van der Waals surface area contributed by atoms with Crippen molar-refractivity contribution in [3.8, 4) is 17.6 Å². The topological polar surface area (TPSA) is 71.3 Å². The molecule has 0 heterocycles. The third kappa shape index (κ3) is 7.30. The minimum absolute atomic E-state index is 0.0257. The van der Waals surface area contributed by atoms with E-state index in [9.17, 15) is 10.1 Å². The second-order valence-corrected chi connectivity index (χ2v) is 6.12. The highest BCUT2D eigenvalue weighted by atomic mass is 16.5. The average Bonchev–Trinajstić information content (AvgIpc) is 2.59. The summed E-state index contributed by atoms with van der Waals surface area (Å²) in [4.78, 5) is 12.0. The molecule has 0 aliphatic rings. The third-order valence-corrected chi connectivity index (χ3v) is 3.54. The molecule has 1 rings (SSSR count). The Bertz CT molecular complexity index is 630. The highest BCUT2D eigenvalue weighted by Crippen LogP contribution is 2.29. The van der Waals surface area contributed by atoms with Crippen LogP contribution in [0.1, 0.15) is 52.0 Å². The number of nitriles is 1. The van der Waals surface area contributed by atoms with Crippen LogP contribution >= 0.6 is 0 Å². The molecule has 0 spiro atoms. The number of unbranched alkanes of at least 4 members (excludes halogenated alkanes) is 3. The normalized spacial score (nSPS) is 11.1. The number of rotatable bonds is 10. The number of hydrogen-bond donors (Lipinski definition) is 1. The molecule has 5 nitrogen and oxygen atoms in total. The molecule has 25 heavy (non-hydrogen) atoms. The summed E-state index contributed by atoms with van der Waals surface area (Å²) >= 11 is 0. The predicted octanol–water partition coefficient (Wildman–Crippen LogP) is 4.09. The van der Waals surface area contributed by atoms with Crippen molar-refractivity contribution in [2.24, 2.45) is 0 Å². The van der Waals surface area contributed by atoms with E-state index in [0.29, 0.717) is 23.7 Å². The van der Waals surface area contributed by atoms with Crippen molar-refractivity contribution in [1.82, 2.24) is 5.32 Å². The second-order valence-electron chi connectivity index (χ2n) is 6.12. The monoisotopic (exact) mass is 344 g/mol. The maximum absolute atomic E-state index is 12.0. The molecule has 1 amide bonds. The molecule has 0 aliphatic heterocycles. The second kappa shape index (κ2) is 11.1. The largest absolute Gasteiger partial charge is 0.493 e. The van der Waals surface area contributed by atoms with Gasteiger partial charge in [-0.05, 0) is 44.0 Å². The Morgan fingerprint density at radius 2 is 2.04 bits per heavy atom. The van der Waals surface area contributed by atoms with Gasteiger partial charge in [0.05, 0.1) is 13.7 Å². The summed E-state index contributed by atoms with van der Waals surface area (Å²) in [6.45, 7) is 6.52. The van der Waals surface area contributed by atoms with Crippen LogP contribution in [0.5, 0.6) is 11.5 Å². The molecule has 1 N–H and O–H groups in total. The molecule has 0 saturated heterocycles. The van der Waals surface area contributed by atoms with Crippen LogP contribution in [-0.2, 0) is 4.79 Å². The summed E-state index contributed by atoms with van der Waals surface area (Å²) in [7, 11) is 1.57. The van der Waals surface area contributed by atoms with Crippen molar-refractivity contribution < 1.29 is 14.3 Å². The van der Waals surface area contributed by atoms with Crippen LogP contribution in [0.15, 0.2) is 23.8 Å². The van der Waals surface area contributed by atoms with Gasteiger partial charge in [-0.15, -0.1) is 0 Å². The highest BCUT2D eigenvalue weighted by molar-refractivity contribution is 6.01. The SMILES string of the molecule is CCCCCCOc1ccc(/C=C(\C#N)C(=O)NC(C)C)cc1OC. The molecule has 1 aromatic carbocycles. The van der Waals surface area contributed by atoms with E-state index in [1.807, 2.05) is 26.0 Å². The number of carbonyl (C=O) groups excluding carboxylic acids is 1. The van der Waals surface area contributed by atoms with Gasteiger partial charge >= 0.3 is 0 Å². The molecule has 0 fully saturated rings. The van der Waals surface area contributed by atoms with Crippen molar-refractivity contribution in [1.29, 1.82) is 5.26 Å². The van der Waals surface area contributed by atoms with Gasteiger partial charge in [-0.1, -0.05) is 32.3 Å². The Labute approximate surface area is 150 Å². The standard InChI is InChI=1S/C20H28N2O3/c1-5-6-7-8-11-25-18-10-9-16(13-19(18)24-4)12-17(14-21)20(23)22-15(2)3/h9-10,12-13,15H,5-8,11H2,1-4H3,(H,22,23)/b17-12+. The lowest BCUT2D eigenvalue weighted by Crippen LogP contribution is -2.30. The molecule has 0 atom stereocenters. The molecule has 1 aromatic rings. The van der Waals surface area contributed by atoms with E-state index in [1.165, 1.54) is 12.8 Å². The summed E-state index contributed by atoms with van der Waals surface area (Å²) in [5.41, 5.74) is 0.773. The van der Waals surface area contributed by atoms with Gasteiger partial charge in [0.25, 0.3) is 5.91 Å². The van der Waals surface area contributed by atoms with E-state index in [0.717, 1.165) is 12.8 Å². The smallest absolute Gasteiger partial charge is 0.262 e. The van der Waals surface area contributed by atoms with Gasteiger partial charge < -0.3 is 14.8 Å². The van der Waals surface area contributed by atoms with Gasteiger partial charge in [0.1, 0.15) is 11.6 Å². The van der Waals surface area contributed by atoms with Gasteiger partial charge in [0.2, 0.25) is 0 Å². The van der Waals surface area contributed by atoms with Crippen LogP contribution in [-0.4, -0.2) is 25.7 Å². The molecule has 0 aromatic heterocycles. The van der Waals surface area contributed by atoms with Crippen LogP contribution < -0.4 is 14.8 Å². The number of methoxy groups -OCH3 is 1. The molecular weight excluding hydrogens is 316 g/mol. The van der Waals surface area contributed by atoms with Crippen LogP contribution in [0.25, 0.3) is 6.08 Å². The first-order valence-electron chi connectivity index (χ1n) is 8.75. The Morgan fingerprint density at radius 1 is 1.28 bits per heavy atom. The van der Waals surface area contributed by atoms with E-state index < -0.39 is 0 Å². The molecule has 0 saturated carbocycles. The lowest BCUT2D eigenvalue weighted by molar-refractivity contribution is -0.117. The molecule has 136 valence electrons. The fraction of sp³-hybridized carbons (Fsp3) is 0.500. The van der Waals surface area contributed by atoms with E-state index in [-0.39, 0.29) is 17.5 Å². The van der Waals surface area contributed by atoms with Crippen LogP contribution in [0.2, 0.25) is 0 Å². The Balaban J connectivity index is 2.83. The lowest BCUT2D eigenvalue weighted by Gasteiger charge is -2.11. The summed E-state index contributed by atoms with van der Waals surface area (Å²) in [5.74, 6) is 0.875. The molecule has 0 aliphatic carbocycles. The molecule has 5 heteroatoms. The molecule has 0 bridgehead atoms. The third-order valence-electron chi connectivity index (χ3n) is 3.54. The van der Waals surface area contributed by atoms with E-state index in [4.69, 9.17) is 9.47 Å². The molecule has 0 radical (unpaired) electrons. The Morgan fingerprint density at radius 3 is 2.64 bits per heavy atom. The van der Waals surface area contributed by atoms with Gasteiger partial charge in [0.15, 0.2) is 11.5 Å². The highest BCUT2D eigenvalue weighted by Gasteiger charge is 2.11. The zero-order valence-electron chi connectivity index (χ0n) is 15.6. The van der Waals surface area contributed by atoms with Crippen molar-refractivity contribution in [3.05, 3.63) is 29.3 Å². The average molecular weight is 344 g/mol. The number of benzene rings is 1. The zero-order chi connectivity index (χ0) is 18.7. The maximum atomic E-state index is 12.0. The van der Waals surface area contributed by atoms with E-state index in [1.54, 1.807) is 25.3 Å². The van der Waals surface area contributed by atoms with Crippen LogP contribution in [0.4, 0.5) is 0 Å². The predicted molar refractivity (Wildman–Crippen MR) is 99.5 cm³/mol. The van der Waals surface area contributed by atoms with Gasteiger partial charge in [0, 0.05) is 6.04 Å². The van der Waals surface area contributed by atoms with Gasteiger partial charge in [-0.3, -0.25) is 4.79 Å². The fourth-order valence-corrected chi connectivity index (χ4v) is 2.26. The fourth-order valence-electron chi connectivity index (χ4n) is 2.26. The first-order valence-corrected chi connectivity index (χ1v) is 8.75. The number of nitrogens with one attached hydrogen (secondary N) is 1. The van der Waals surface area contributed by atoms with Crippen molar-refractivity contribution in [3.63, 3.8) is 0 Å². The van der Waals surface area contributed by atoms with E-state index >= 15 is 0 Å². The Kier molecular flexibility index (Phi) is 9.16. The first kappa shape index (κ1) is 20.6. The van der Waals surface area contributed by atoms with Gasteiger partial charge in [-0.2, -0.15) is 5.26 Å². The number of ether oxygens (including phenoxy) is 2. The van der Waals surface area contributed by atoms with Crippen molar-refractivity contribution in [2.75, 3.05) is 13.7 Å². The lowest BCUT2D eigenvalue weighted by atomic mass is 10.1. The summed E-state index contributed by atoms with van der Waals surface area (Å²) < 4.78 is 11.1.